The Hall–Kier alpha value is -0.870. The summed E-state index contributed by atoms with van der Waals surface area (Å²) in [5.74, 6) is -0.173. The van der Waals surface area contributed by atoms with Gasteiger partial charge in [-0.25, -0.2) is 0 Å². The summed E-state index contributed by atoms with van der Waals surface area (Å²) < 4.78 is 6.19. The molecule has 0 atom stereocenters. The van der Waals surface area contributed by atoms with Crippen molar-refractivity contribution in [1.82, 2.24) is 4.90 Å². The molecule has 0 aliphatic heterocycles. The summed E-state index contributed by atoms with van der Waals surface area (Å²) in [6, 6.07) is 8.25. The molecular weight excluding hydrogens is 306 g/mol. The first-order valence-electron chi connectivity index (χ1n) is 6.50. The molecule has 1 aromatic carbocycles. The van der Waals surface area contributed by atoms with Crippen molar-refractivity contribution in [2.45, 2.75) is 32.7 Å². The number of hydrogen-bond donors (Lipinski definition) is 0. The van der Waals surface area contributed by atoms with E-state index >= 15 is 0 Å². The molecule has 4 heteroatoms. The van der Waals surface area contributed by atoms with E-state index in [1.54, 1.807) is 0 Å². The number of rotatable bonds is 6. The Kier molecular flexibility index (Phi) is 6.01. The maximum Gasteiger partial charge on any atom is 0.325 e. The molecule has 0 aromatic heterocycles. The van der Waals surface area contributed by atoms with Gasteiger partial charge in [0.15, 0.2) is 0 Å². The zero-order valence-corrected chi connectivity index (χ0v) is 13.7. The average molecular weight is 328 g/mol. The topological polar surface area (TPSA) is 29.5 Å². The third-order valence-corrected chi connectivity index (χ3v) is 3.91. The molecule has 0 saturated heterocycles. The Morgan fingerprint density at radius 1 is 1.32 bits per heavy atom. The fourth-order valence-corrected chi connectivity index (χ4v) is 1.96. The number of halogens is 1. The van der Waals surface area contributed by atoms with Crippen LogP contribution < -0.4 is 0 Å². The second kappa shape index (κ2) is 7.06. The summed E-state index contributed by atoms with van der Waals surface area (Å²) in [6.07, 6.45) is 0.909. The molecule has 0 fully saturated rings. The molecule has 0 bridgehead atoms. The summed E-state index contributed by atoms with van der Waals surface area (Å²) in [7, 11) is 1.95. The lowest BCUT2D eigenvalue weighted by Gasteiger charge is -2.33. The van der Waals surface area contributed by atoms with E-state index in [9.17, 15) is 4.79 Å². The normalized spacial score (nSPS) is 11.7. The first-order valence-corrected chi connectivity index (χ1v) is 7.30. The monoisotopic (exact) mass is 327 g/mol. The lowest BCUT2D eigenvalue weighted by atomic mass is 10.0. The Morgan fingerprint density at radius 2 is 1.89 bits per heavy atom. The van der Waals surface area contributed by atoms with Crippen molar-refractivity contribution >= 4 is 21.9 Å². The highest BCUT2D eigenvalue weighted by Gasteiger charge is 2.33. The summed E-state index contributed by atoms with van der Waals surface area (Å²) in [5.41, 5.74) is 0.667. The molecule has 106 valence electrons. The van der Waals surface area contributed by atoms with Gasteiger partial charge in [-0.05, 0) is 51.9 Å². The molecule has 1 aromatic rings. The molecule has 1 rings (SSSR count). The fraction of sp³-hybridized carbons (Fsp3) is 0.533. The van der Waals surface area contributed by atoms with Crippen LogP contribution in [0.5, 0.6) is 0 Å². The third-order valence-electron chi connectivity index (χ3n) is 3.38. The molecule has 0 radical (unpaired) electrons. The van der Waals surface area contributed by atoms with E-state index in [1.165, 1.54) is 5.56 Å². The number of carbonyl (C=O) groups excluding carboxylic acids is 1. The van der Waals surface area contributed by atoms with Crippen LogP contribution in [0.15, 0.2) is 28.7 Å². The summed E-state index contributed by atoms with van der Waals surface area (Å²) in [4.78, 5) is 13.9. The van der Waals surface area contributed by atoms with Gasteiger partial charge in [0.1, 0.15) is 5.54 Å². The predicted octanol–water partition coefficient (Wildman–Crippen LogP) is 3.27. The second-order valence-electron chi connectivity index (χ2n) is 5.08. The Bertz CT molecular complexity index is 415. The van der Waals surface area contributed by atoms with E-state index < -0.39 is 5.54 Å². The molecule has 0 heterocycles. The van der Waals surface area contributed by atoms with Gasteiger partial charge >= 0.3 is 5.97 Å². The Labute approximate surface area is 124 Å². The lowest BCUT2D eigenvalue weighted by molar-refractivity contribution is -0.154. The van der Waals surface area contributed by atoms with Crippen LogP contribution in [0.1, 0.15) is 26.3 Å². The van der Waals surface area contributed by atoms with Gasteiger partial charge in [0.05, 0.1) is 6.61 Å². The molecule has 0 aliphatic rings. The van der Waals surface area contributed by atoms with E-state index in [0.29, 0.717) is 6.61 Å². The lowest BCUT2D eigenvalue weighted by Crippen LogP contribution is -2.49. The number of likely N-dealkylation sites (N-methyl/N-ethyl adjacent to an activating group) is 1. The van der Waals surface area contributed by atoms with Crippen LogP contribution in [0.25, 0.3) is 0 Å². The molecule has 0 amide bonds. The van der Waals surface area contributed by atoms with Gasteiger partial charge in [0.25, 0.3) is 0 Å². The standard InChI is InChI=1S/C15H22BrNO2/c1-5-19-14(18)15(2,3)17(4)11-10-12-6-8-13(16)9-7-12/h6-9H,5,10-11H2,1-4H3. The maximum absolute atomic E-state index is 11.9. The number of benzene rings is 1. The number of ether oxygens (including phenoxy) is 1. The quantitative estimate of drug-likeness (QED) is 0.751. The zero-order chi connectivity index (χ0) is 14.5. The first kappa shape index (κ1) is 16.2. The highest BCUT2D eigenvalue weighted by atomic mass is 79.9. The minimum Gasteiger partial charge on any atom is -0.465 e. The van der Waals surface area contributed by atoms with Crippen molar-refractivity contribution in [2.24, 2.45) is 0 Å². The molecule has 0 saturated carbocycles. The molecule has 0 N–H and O–H groups in total. The second-order valence-corrected chi connectivity index (χ2v) is 5.99. The van der Waals surface area contributed by atoms with Gasteiger partial charge in [-0.1, -0.05) is 28.1 Å². The van der Waals surface area contributed by atoms with Gasteiger partial charge in [0, 0.05) is 11.0 Å². The zero-order valence-electron chi connectivity index (χ0n) is 12.1. The van der Waals surface area contributed by atoms with Crippen molar-refractivity contribution in [3.63, 3.8) is 0 Å². The van der Waals surface area contributed by atoms with Gasteiger partial charge in [0.2, 0.25) is 0 Å². The summed E-state index contributed by atoms with van der Waals surface area (Å²) >= 11 is 3.42. The Balaban J connectivity index is 2.56. The first-order chi connectivity index (χ1) is 8.87. The van der Waals surface area contributed by atoms with E-state index in [0.717, 1.165) is 17.4 Å². The third kappa shape index (κ3) is 4.62. The number of esters is 1. The van der Waals surface area contributed by atoms with Crippen molar-refractivity contribution in [2.75, 3.05) is 20.2 Å². The predicted molar refractivity (Wildman–Crippen MR) is 81.2 cm³/mol. The van der Waals surface area contributed by atoms with Crippen LogP contribution in [0, 0.1) is 0 Å². The van der Waals surface area contributed by atoms with Crippen LogP contribution >= 0.6 is 15.9 Å². The van der Waals surface area contributed by atoms with E-state index in [4.69, 9.17) is 4.74 Å². The molecule has 3 nitrogen and oxygen atoms in total. The van der Waals surface area contributed by atoms with Crippen LogP contribution in [0.3, 0.4) is 0 Å². The highest BCUT2D eigenvalue weighted by Crippen LogP contribution is 2.16. The fourth-order valence-electron chi connectivity index (χ4n) is 1.69. The molecule has 0 aliphatic carbocycles. The van der Waals surface area contributed by atoms with E-state index in [1.807, 2.05) is 44.9 Å². The van der Waals surface area contributed by atoms with Crippen LogP contribution in [-0.4, -0.2) is 36.6 Å². The van der Waals surface area contributed by atoms with Crippen molar-refractivity contribution in [1.29, 1.82) is 0 Å². The van der Waals surface area contributed by atoms with Crippen LogP contribution in [0.2, 0.25) is 0 Å². The Morgan fingerprint density at radius 3 is 2.42 bits per heavy atom. The number of nitrogens with zero attached hydrogens (tertiary/aromatic N) is 1. The van der Waals surface area contributed by atoms with E-state index in [-0.39, 0.29) is 5.97 Å². The molecular formula is C15H22BrNO2. The van der Waals surface area contributed by atoms with Gasteiger partial charge < -0.3 is 4.74 Å². The van der Waals surface area contributed by atoms with Gasteiger partial charge in [-0.15, -0.1) is 0 Å². The van der Waals surface area contributed by atoms with Crippen molar-refractivity contribution < 1.29 is 9.53 Å². The van der Waals surface area contributed by atoms with Crippen LogP contribution in [0.4, 0.5) is 0 Å². The van der Waals surface area contributed by atoms with E-state index in [2.05, 4.69) is 28.1 Å². The largest absolute Gasteiger partial charge is 0.465 e. The van der Waals surface area contributed by atoms with Crippen molar-refractivity contribution in [3.8, 4) is 0 Å². The minimum absolute atomic E-state index is 0.173. The maximum atomic E-state index is 11.9. The number of carbonyl (C=O) groups is 1. The van der Waals surface area contributed by atoms with Gasteiger partial charge in [-0.2, -0.15) is 0 Å². The van der Waals surface area contributed by atoms with Gasteiger partial charge in [-0.3, -0.25) is 9.69 Å². The SMILES string of the molecule is CCOC(=O)C(C)(C)N(C)CCc1ccc(Br)cc1. The van der Waals surface area contributed by atoms with Crippen molar-refractivity contribution in [3.05, 3.63) is 34.3 Å². The average Bonchev–Trinajstić information content (AvgIpc) is 2.37. The molecule has 0 spiro atoms. The highest BCUT2D eigenvalue weighted by molar-refractivity contribution is 9.10. The number of hydrogen-bond acceptors (Lipinski definition) is 3. The van der Waals surface area contributed by atoms with Crippen LogP contribution in [-0.2, 0) is 16.0 Å². The summed E-state index contributed by atoms with van der Waals surface area (Å²) in [6.45, 7) is 6.85. The molecule has 0 unspecified atom stereocenters. The molecule has 19 heavy (non-hydrogen) atoms. The summed E-state index contributed by atoms with van der Waals surface area (Å²) in [5, 5.41) is 0. The minimum atomic E-state index is -0.592. The smallest absolute Gasteiger partial charge is 0.325 e.